The highest BCUT2D eigenvalue weighted by molar-refractivity contribution is 14.1. The van der Waals surface area contributed by atoms with Crippen molar-refractivity contribution in [1.82, 2.24) is 8.85 Å². The molecule has 0 aromatic carbocycles. The highest BCUT2D eigenvalue weighted by Gasteiger charge is 1.97. The van der Waals surface area contributed by atoms with Crippen LogP contribution in [0.25, 0.3) is 0 Å². The topological polar surface area (TPSA) is 44.3 Å². The molecule has 0 aliphatic carbocycles. The highest BCUT2D eigenvalue weighted by atomic mass is 127. The van der Waals surface area contributed by atoms with Crippen molar-refractivity contribution < 1.29 is 5.11 Å². The molecule has 1 atom stereocenters. The molecule has 0 aliphatic heterocycles. The number of hydrogen-bond acceptors (Lipinski definition) is 3. The number of rotatable bonds is 4. The fourth-order valence-corrected chi connectivity index (χ4v) is 0.905. The van der Waals surface area contributed by atoms with Crippen molar-refractivity contribution in [3.05, 3.63) is 0 Å². The molecule has 0 aromatic rings. The molecule has 4 heteroatoms. The summed E-state index contributed by atoms with van der Waals surface area (Å²) >= 11 is 2.00. The van der Waals surface area contributed by atoms with E-state index in [4.69, 9.17) is 5.11 Å². The van der Waals surface area contributed by atoms with Crippen LogP contribution in [0.1, 0.15) is 0 Å². The molecule has 0 spiro atoms. The summed E-state index contributed by atoms with van der Waals surface area (Å²) in [6.07, 6.45) is -0.267. The van der Waals surface area contributed by atoms with Gasteiger partial charge in [0.25, 0.3) is 0 Å². The maximum absolute atomic E-state index is 8.92. The second-order valence-corrected chi connectivity index (χ2v) is 2.31. The van der Waals surface area contributed by atoms with Crippen molar-refractivity contribution in [2.75, 3.05) is 20.1 Å². The summed E-state index contributed by atoms with van der Waals surface area (Å²) in [5, 5.41) is 11.8. The van der Waals surface area contributed by atoms with Crippen molar-refractivity contribution in [3.63, 3.8) is 0 Å². The fourth-order valence-electron chi connectivity index (χ4n) is 0.397. The van der Waals surface area contributed by atoms with Crippen LogP contribution in [-0.2, 0) is 0 Å². The molecule has 50 valence electrons. The average molecular weight is 230 g/mol. The third-order valence-electron chi connectivity index (χ3n) is 0.753. The summed E-state index contributed by atoms with van der Waals surface area (Å²) in [6.45, 7) is 1.29. The van der Waals surface area contributed by atoms with Gasteiger partial charge in [0.1, 0.15) is 0 Å². The van der Waals surface area contributed by atoms with Gasteiger partial charge in [-0.1, -0.05) is 0 Å². The Balaban J connectivity index is 2.92. The molecule has 8 heavy (non-hydrogen) atoms. The van der Waals surface area contributed by atoms with Gasteiger partial charge in [-0.3, -0.25) is 3.53 Å². The first-order valence-electron chi connectivity index (χ1n) is 2.47. The van der Waals surface area contributed by atoms with Crippen LogP contribution in [-0.4, -0.2) is 31.3 Å². The van der Waals surface area contributed by atoms with Crippen LogP contribution in [0, 0.1) is 0 Å². The minimum Gasteiger partial charge on any atom is -0.390 e. The van der Waals surface area contributed by atoms with Crippen molar-refractivity contribution in [2.45, 2.75) is 6.10 Å². The molecule has 0 saturated heterocycles. The zero-order valence-electron chi connectivity index (χ0n) is 4.82. The van der Waals surface area contributed by atoms with Crippen LogP contribution in [0.4, 0.5) is 0 Å². The minimum absolute atomic E-state index is 0.267. The van der Waals surface area contributed by atoms with Crippen LogP contribution in [0.15, 0.2) is 0 Å². The molecule has 3 nitrogen and oxygen atoms in total. The molecular formula is C4H11IN2O. The SMILES string of the molecule is CNCC(O)CNI. The Labute approximate surface area is 63.3 Å². The summed E-state index contributed by atoms with van der Waals surface area (Å²) in [6, 6.07) is 0. The maximum Gasteiger partial charge on any atom is 0.0796 e. The van der Waals surface area contributed by atoms with Crippen molar-refractivity contribution in [2.24, 2.45) is 0 Å². The van der Waals surface area contributed by atoms with E-state index in [-0.39, 0.29) is 6.10 Å². The quantitative estimate of drug-likeness (QED) is 0.451. The lowest BCUT2D eigenvalue weighted by molar-refractivity contribution is 0.180. The van der Waals surface area contributed by atoms with Gasteiger partial charge in [0.05, 0.1) is 6.10 Å². The van der Waals surface area contributed by atoms with Gasteiger partial charge in [-0.2, -0.15) is 0 Å². The van der Waals surface area contributed by atoms with Gasteiger partial charge in [-0.05, 0) is 7.05 Å². The Morgan fingerprint density at radius 1 is 1.62 bits per heavy atom. The molecule has 0 rings (SSSR count). The van der Waals surface area contributed by atoms with Gasteiger partial charge in [-0.15, -0.1) is 0 Å². The van der Waals surface area contributed by atoms with Crippen molar-refractivity contribution in [1.29, 1.82) is 0 Å². The smallest absolute Gasteiger partial charge is 0.0796 e. The van der Waals surface area contributed by atoms with Crippen molar-refractivity contribution >= 4 is 22.9 Å². The summed E-state index contributed by atoms with van der Waals surface area (Å²) in [5.41, 5.74) is 0. The number of nitrogens with one attached hydrogen (secondary N) is 2. The molecule has 0 amide bonds. The van der Waals surface area contributed by atoms with Gasteiger partial charge in [0.15, 0.2) is 0 Å². The molecule has 0 radical (unpaired) electrons. The predicted molar refractivity (Wildman–Crippen MR) is 42.0 cm³/mol. The molecule has 0 aliphatic rings. The number of likely N-dealkylation sites (N-methyl/N-ethyl adjacent to an activating group) is 1. The number of aliphatic hydroxyl groups excluding tert-OH is 1. The highest BCUT2D eigenvalue weighted by Crippen LogP contribution is 1.78. The van der Waals surface area contributed by atoms with Gasteiger partial charge >= 0.3 is 0 Å². The molecule has 0 saturated carbocycles. The van der Waals surface area contributed by atoms with Crippen LogP contribution in [0.2, 0.25) is 0 Å². The predicted octanol–water partition coefficient (Wildman–Crippen LogP) is -0.494. The molecule has 3 N–H and O–H groups in total. The molecule has 0 bridgehead atoms. The van der Waals surface area contributed by atoms with Gasteiger partial charge in [0, 0.05) is 36.0 Å². The van der Waals surface area contributed by atoms with E-state index in [1.165, 1.54) is 0 Å². The molecular weight excluding hydrogens is 219 g/mol. The van der Waals surface area contributed by atoms with Crippen molar-refractivity contribution in [3.8, 4) is 0 Å². The van der Waals surface area contributed by atoms with Gasteiger partial charge < -0.3 is 10.4 Å². The summed E-state index contributed by atoms with van der Waals surface area (Å²) in [7, 11) is 1.82. The zero-order valence-corrected chi connectivity index (χ0v) is 6.97. The summed E-state index contributed by atoms with van der Waals surface area (Å²) in [5.74, 6) is 0. The zero-order chi connectivity index (χ0) is 6.41. The molecule has 0 aromatic heterocycles. The van der Waals surface area contributed by atoms with E-state index in [9.17, 15) is 0 Å². The van der Waals surface area contributed by atoms with E-state index in [1.54, 1.807) is 0 Å². The standard InChI is InChI=1S/C4H11IN2O/c1-6-2-4(8)3-7-5/h4,6-8H,2-3H2,1H3. The average Bonchev–Trinajstić information content (AvgIpc) is 1.68. The second kappa shape index (κ2) is 5.74. The van der Waals surface area contributed by atoms with Crippen LogP contribution in [0.5, 0.6) is 0 Å². The number of halogens is 1. The number of hydrogen-bond donors (Lipinski definition) is 3. The molecule has 1 unspecified atom stereocenters. The second-order valence-electron chi connectivity index (χ2n) is 1.55. The monoisotopic (exact) mass is 230 g/mol. The van der Waals surface area contributed by atoms with Gasteiger partial charge in [0.2, 0.25) is 0 Å². The van der Waals surface area contributed by atoms with E-state index >= 15 is 0 Å². The summed E-state index contributed by atoms with van der Waals surface area (Å²) < 4.78 is 2.83. The Morgan fingerprint density at radius 3 is 2.62 bits per heavy atom. The van der Waals surface area contributed by atoms with E-state index in [0.717, 1.165) is 0 Å². The Hall–Kier alpha value is 0.610. The number of aliphatic hydroxyl groups is 1. The molecule has 0 fully saturated rings. The lowest BCUT2D eigenvalue weighted by atomic mass is 10.4. The first-order chi connectivity index (χ1) is 3.81. The maximum atomic E-state index is 8.92. The lowest BCUT2D eigenvalue weighted by Gasteiger charge is -2.06. The molecule has 0 heterocycles. The van der Waals surface area contributed by atoms with Crippen LogP contribution >= 0.6 is 22.9 Å². The van der Waals surface area contributed by atoms with Gasteiger partial charge in [-0.25, -0.2) is 0 Å². The first-order valence-corrected chi connectivity index (χ1v) is 3.55. The fraction of sp³-hybridized carbons (Fsp3) is 1.00. The van der Waals surface area contributed by atoms with E-state index in [0.29, 0.717) is 13.1 Å². The van der Waals surface area contributed by atoms with Crippen LogP contribution in [0.3, 0.4) is 0 Å². The normalized spacial score (nSPS) is 13.9. The lowest BCUT2D eigenvalue weighted by Crippen LogP contribution is -2.30. The van der Waals surface area contributed by atoms with E-state index in [2.05, 4.69) is 8.85 Å². The Kier molecular flexibility index (Phi) is 6.18. The third-order valence-corrected chi connectivity index (χ3v) is 1.19. The largest absolute Gasteiger partial charge is 0.390 e. The van der Waals surface area contributed by atoms with Crippen LogP contribution < -0.4 is 8.85 Å². The van der Waals surface area contributed by atoms with E-state index in [1.807, 2.05) is 29.9 Å². The minimum atomic E-state index is -0.267. The Bertz CT molecular complexity index is 47.3. The summed E-state index contributed by atoms with van der Waals surface area (Å²) in [4.78, 5) is 0. The van der Waals surface area contributed by atoms with E-state index < -0.39 is 0 Å². The third kappa shape index (κ3) is 4.76. The first kappa shape index (κ1) is 8.61. The Morgan fingerprint density at radius 2 is 2.25 bits per heavy atom.